The average molecular weight is 577 g/mol. The van der Waals surface area contributed by atoms with Crippen molar-refractivity contribution in [2.75, 3.05) is 45.9 Å². The van der Waals surface area contributed by atoms with Gasteiger partial charge in [-0.1, -0.05) is 36.2 Å². The lowest BCUT2D eigenvalue weighted by molar-refractivity contribution is -0.130. The highest BCUT2D eigenvalue weighted by Gasteiger charge is 2.36. The van der Waals surface area contributed by atoms with Gasteiger partial charge in [0.15, 0.2) is 5.96 Å². The molecule has 8 heteroatoms. The molecule has 2 aliphatic rings. The van der Waals surface area contributed by atoms with Crippen molar-refractivity contribution in [1.29, 1.82) is 0 Å². The van der Waals surface area contributed by atoms with Crippen molar-refractivity contribution in [3.63, 3.8) is 0 Å². The zero-order chi connectivity index (χ0) is 21.9. The third kappa shape index (κ3) is 7.76. The van der Waals surface area contributed by atoms with E-state index in [0.29, 0.717) is 18.9 Å². The SMILES string of the molecule is CCNC(=NCC1(c2ccccc2Cl)CCOCC1)NCCCN1CCCCCC1=O.I. The van der Waals surface area contributed by atoms with Gasteiger partial charge in [0.25, 0.3) is 0 Å². The number of likely N-dealkylation sites (tertiary alicyclic amines) is 1. The van der Waals surface area contributed by atoms with Crippen LogP contribution < -0.4 is 10.6 Å². The molecule has 0 unspecified atom stereocenters. The molecular formula is C24H38ClIN4O2. The number of amides is 1. The Labute approximate surface area is 214 Å². The van der Waals surface area contributed by atoms with Crippen molar-refractivity contribution >= 4 is 47.4 Å². The summed E-state index contributed by atoms with van der Waals surface area (Å²) in [5, 5.41) is 7.61. The molecule has 1 aromatic carbocycles. The van der Waals surface area contributed by atoms with E-state index in [1.165, 1.54) is 5.56 Å². The van der Waals surface area contributed by atoms with E-state index in [1.54, 1.807) is 0 Å². The molecule has 32 heavy (non-hydrogen) atoms. The molecule has 0 atom stereocenters. The maximum atomic E-state index is 12.2. The number of carbonyl (C=O) groups is 1. The molecule has 2 heterocycles. The summed E-state index contributed by atoms with van der Waals surface area (Å²) in [7, 11) is 0. The fourth-order valence-electron chi connectivity index (χ4n) is 4.49. The van der Waals surface area contributed by atoms with Gasteiger partial charge in [-0.05, 0) is 50.7 Å². The van der Waals surface area contributed by atoms with Crippen LogP contribution in [-0.2, 0) is 14.9 Å². The number of ether oxygens (including phenoxy) is 1. The molecular weight excluding hydrogens is 539 g/mol. The number of halogens is 2. The van der Waals surface area contributed by atoms with Crippen LogP contribution in [0.4, 0.5) is 0 Å². The van der Waals surface area contributed by atoms with Crippen LogP contribution >= 0.6 is 35.6 Å². The van der Waals surface area contributed by atoms with E-state index >= 15 is 0 Å². The first-order valence-corrected chi connectivity index (χ1v) is 12.2. The minimum absolute atomic E-state index is 0. The zero-order valence-corrected chi connectivity index (χ0v) is 22.3. The first kappa shape index (κ1) is 27.2. The van der Waals surface area contributed by atoms with E-state index in [2.05, 4.69) is 29.7 Å². The first-order valence-electron chi connectivity index (χ1n) is 11.8. The Morgan fingerprint density at radius 2 is 1.97 bits per heavy atom. The maximum Gasteiger partial charge on any atom is 0.222 e. The number of carbonyl (C=O) groups excluding carboxylic acids is 1. The van der Waals surface area contributed by atoms with E-state index in [4.69, 9.17) is 21.3 Å². The van der Waals surface area contributed by atoms with Crippen molar-refractivity contribution in [1.82, 2.24) is 15.5 Å². The van der Waals surface area contributed by atoms with Gasteiger partial charge in [0, 0.05) is 56.3 Å². The largest absolute Gasteiger partial charge is 0.381 e. The van der Waals surface area contributed by atoms with Gasteiger partial charge < -0.3 is 20.3 Å². The maximum absolute atomic E-state index is 12.2. The van der Waals surface area contributed by atoms with E-state index in [-0.39, 0.29) is 29.4 Å². The molecule has 2 N–H and O–H groups in total. The zero-order valence-electron chi connectivity index (χ0n) is 19.2. The molecule has 0 spiro atoms. The summed E-state index contributed by atoms with van der Waals surface area (Å²) in [5.41, 5.74) is 1.07. The smallest absolute Gasteiger partial charge is 0.222 e. The fourth-order valence-corrected chi connectivity index (χ4v) is 4.83. The minimum Gasteiger partial charge on any atom is -0.381 e. The Bertz CT molecular complexity index is 740. The van der Waals surface area contributed by atoms with Crippen molar-refractivity contribution in [3.05, 3.63) is 34.9 Å². The van der Waals surface area contributed by atoms with Crippen LogP contribution in [0, 0.1) is 0 Å². The van der Waals surface area contributed by atoms with Gasteiger partial charge in [0.1, 0.15) is 0 Å². The van der Waals surface area contributed by atoms with Crippen LogP contribution in [0.15, 0.2) is 29.3 Å². The van der Waals surface area contributed by atoms with Crippen LogP contribution in [0.25, 0.3) is 0 Å². The molecule has 0 aromatic heterocycles. The van der Waals surface area contributed by atoms with Gasteiger partial charge in [-0.25, -0.2) is 0 Å². The second-order valence-corrected chi connectivity index (χ2v) is 8.95. The van der Waals surface area contributed by atoms with Gasteiger partial charge in [0.05, 0.1) is 6.54 Å². The Morgan fingerprint density at radius 3 is 2.72 bits per heavy atom. The van der Waals surface area contributed by atoms with Crippen molar-refractivity contribution in [3.8, 4) is 0 Å². The van der Waals surface area contributed by atoms with Gasteiger partial charge in [-0.15, -0.1) is 24.0 Å². The highest BCUT2D eigenvalue weighted by atomic mass is 127. The molecule has 1 aromatic rings. The van der Waals surface area contributed by atoms with Crippen LogP contribution in [-0.4, -0.2) is 62.7 Å². The van der Waals surface area contributed by atoms with Crippen molar-refractivity contribution < 1.29 is 9.53 Å². The van der Waals surface area contributed by atoms with Crippen LogP contribution in [0.3, 0.4) is 0 Å². The van der Waals surface area contributed by atoms with E-state index in [9.17, 15) is 4.79 Å². The summed E-state index contributed by atoms with van der Waals surface area (Å²) in [5.74, 6) is 1.13. The Hall–Kier alpha value is -1.06. The fraction of sp³-hybridized carbons (Fsp3) is 0.667. The molecule has 0 saturated carbocycles. The lowest BCUT2D eigenvalue weighted by Crippen LogP contribution is -2.42. The Kier molecular flexibility index (Phi) is 12.1. The normalized spacial score (nSPS) is 19.1. The summed E-state index contributed by atoms with van der Waals surface area (Å²) in [6, 6.07) is 8.12. The standard InChI is InChI=1S/C24H37ClN4O2.HI/c1-2-26-23(27-14-8-16-29-15-7-3-4-11-22(29)30)28-19-24(12-17-31-18-13-24)20-9-5-6-10-21(20)25;/h5-6,9-10H,2-4,7-8,11-19H2,1H3,(H2,26,27,28);1H. The van der Waals surface area contributed by atoms with E-state index in [0.717, 1.165) is 88.9 Å². The first-order chi connectivity index (χ1) is 15.1. The predicted molar refractivity (Wildman–Crippen MR) is 142 cm³/mol. The van der Waals surface area contributed by atoms with Crippen molar-refractivity contribution in [2.45, 2.75) is 57.3 Å². The van der Waals surface area contributed by atoms with Crippen LogP contribution in [0.1, 0.15) is 57.4 Å². The molecule has 2 aliphatic heterocycles. The van der Waals surface area contributed by atoms with Crippen LogP contribution in [0.2, 0.25) is 5.02 Å². The molecule has 1 amide bonds. The number of benzene rings is 1. The number of nitrogens with one attached hydrogen (secondary N) is 2. The molecule has 180 valence electrons. The highest BCUT2D eigenvalue weighted by molar-refractivity contribution is 14.0. The van der Waals surface area contributed by atoms with E-state index in [1.807, 2.05) is 17.0 Å². The number of hydrogen-bond donors (Lipinski definition) is 2. The summed E-state index contributed by atoms with van der Waals surface area (Å²) >= 11 is 6.57. The predicted octanol–water partition coefficient (Wildman–Crippen LogP) is 4.35. The third-order valence-corrected chi connectivity index (χ3v) is 6.68. The van der Waals surface area contributed by atoms with Gasteiger partial charge in [-0.2, -0.15) is 0 Å². The van der Waals surface area contributed by atoms with E-state index < -0.39 is 0 Å². The number of nitrogens with zero attached hydrogens (tertiary/aromatic N) is 2. The van der Waals surface area contributed by atoms with Crippen molar-refractivity contribution in [2.24, 2.45) is 4.99 Å². The van der Waals surface area contributed by atoms with Gasteiger partial charge >= 0.3 is 0 Å². The summed E-state index contributed by atoms with van der Waals surface area (Å²) in [6.07, 6.45) is 6.76. The summed E-state index contributed by atoms with van der Waals surface area (Å²) in [4.78, 5) is 19.1. The average Bonchev–Trinajstić information content (AvgIpc) is 3.00. The highest BCUT2D eigenvalue weighted by Crippen LogP contribution is 2.38. The second-order valence-electron chi connectivity index (χ2n) is 8.54. The molecule has 6 nitrogen and oxygen atoms in total. The molecule has 2 saturated heterocycles. The third-order valence-electron chi connectivity index (χ3n) is 6.35. The number of guanidine groups is 1. The lowest BCUT2D eigenvalue weighted by Gasteiger charge is -2.37. The molecule has 0 bridgehead atoms. The lowest BCUT2D eigenvalue weighted by atomic mass is 9.74. The quantitative estimate of drug-likeness (QED) is 0.209. The number of rotatable bonds is 8. The Morgan fingerprint density at radius 1 is 1.19 bits per heavy atom. The molecule has 2 fully saturated rings. The molecule has 0 aliphatic carbocycles. The molecule has 0 radical (unpaired) electrons. The molecule has 3 rings (SSSR count). The minimum atomic E-state index is -0.0998. The van der Waals surface area contributed by atoms with Crippen LogP contribution in [0.5, 0.6) is 0 Å². The Balaban J connectivity index is 0.00000363. The number of hydrogen-bond acceptors (Lipinski definition) is 3. The summed E-state index contributed by atoms with van der Waals surface area (Å²) in [6.45, 7) is 7.51. The summed E-state index contributed by atoms with van der Waals surface area (Å²) < 4.78 is 5.64. The number of aliphatic imine (C=N–C) groups is 1. The second kappa shape index (κ2) is 14.3. The van der Waals surface area contributed by atoms with Gasteiger partial charge in [-0.3, -0.25) is 9.79 Å². The van der Waals surface area contributed by atoms with Gasteiger partial charge in [0.2, 0.25) is 5.91 Å². The topological polar surface area (TPSA) is 66.0 Å². The monoisotopic (exact) mass is 576 g/mol.